The van der Waals surface area contributed by atoms with Gasteiger partial charge in [0.15, 0.2) is 0 Å². The van der Waals surface area contributed by atoms with Gasteiger partial charge in [-0.25, -0.2) is 15.4 Å². The second-order valence-corrected chi connectivity index (χ2v) is 6.42. The number of nitrogens with one attached hydrogen (secondary N) is 1. The molecule has 2 aromatic heterocycles. The Labute approximate surface area is 152 Å². The minimum absolute atomic E-state index is 0.498. The fourth-order valence-corrected chi connectivity index (χ4v) is 3.05. The highest BCUT2D eigenvalue weighted by Crippen LogP contribution is 2.22. The van der Waals surface area contributed by atoms with Crippen molar-refractivity contribution in [2.75, 3.05) is 5.43 Å². The summed E-state index contributed by atoms with van der Waals surface area (Å²) in [6.45, 7) is 7.98. The first-order valence-electron chi connectivity index (χ1n) is 8.00. The molecule has 5 nitrogen and oxygen atoms in total. The quantitative estimate of drug-likeness (QED) is 0.551. The van der Waals surface area contributed by atoms with Crippen LogP contribution in [-0.4, -0.2) is 20.7 Å². The van der Waals surface area contributed by atoms with Gasteiger partial charge in [-0.1, -0.05) is 17.7 Å². The number of rotatable bonds is 4. The van der Waals surface area contributed by atoms with Gasteiger partial charge in [0.1, 0.15) is 0 Å². The summed E-state index contributed by atoms with van der Waals surface area (Å²) in [7, 11) is 0. The molecule has 0 saturated carbocycles. The Hall–Kier alpha value is -2.66. The standard InChI is InChI=1S/C19H20ClN5/c1-12-8-13(2)23-19(22-12)24-21-11-16-9-14(3)25(15(16)4)18-7-5-6-17(20)10-18/h5-11H,1-4H3,(H,22,23,24)/b21-11+. The highest BCUT2D eigenvalue weighted by atomic mass is 35.5. The molecule has 0 atom stereocenters. The van der Waals surface area contributed by atoms with Crippen LogP contribution in [0.15, 0.2) is 41.5 Å². The monoisotopic (exact) mass is 353 g/mol. The summed E-state index contributed by atoms with van der Waals surface area (Å²) in [6, 6.07) is 11.8. The molecule has 3 rings (SSSR count). The van der Waals surface area contributed by atoms with Crippen molar-refractivity contribution >= 4 is 23.8 Å². The van der Waals surface area contributed by atoms with Crippen molar-refractivity contribution in [3.63, 3.8) is 0 Å². The molecule has 0 bridgehead atoms. The lowest BCUT2D eigenvalue weighted by Crippen LogP contribution is -2.01. The van der Waals surface area contributed by atoms with Crippen LogP contribution in [0.25, 0.3) is 5.69 Å². The van der Waals surface area contributed by atoms with E-state index in [1.54, 1.807) is 6.21 Å². The smallest absolute Gasteiger partial charge is 0.243 e. The number of hydrogen-bond acceptors (Lipinski definition) is 4. The average molecular weight is 354 g/mol. The Kier molecular flexibility index (Phi) is 4.86. The van der Waals surface area contributed by atoms with E-state index in [9.17, 15) is 0 Å². The third-order valence-electron chi connectivity index (χ3n) is 3.89. The molecule has 1 N–H and O–H groups in total. The van der Waals surface area contributed by atoms with Crippen LogP contribution in [0.1, 0.15) is 28.3 Å². The molecule has 25 heavy (non-hydrogen) atoms. The summed E-state index contributed by atoms with van der Waals surface area (Å²) in [5.41, 5.74) is 8.97. The first-order chi connectivity index (χ1) is 11.9. The molecule has 0 fully saturated rings. The number of benzene rings is 1. The first-order valence-corrected chi connectivity index (χ1v) is 8.38. The zero-order valence-electron chi connectivity index (χ0n) is 14.7. The summed E-state index contributed by atoms with van der Waals surface area (Å²) < 4.78 is 2.15. The Balaban J connectivity index is 1.85. The van der Waals surface area contributed by atoms with Gasteiger partial charge in [0, 0.05) is 39.0 Å². The van der Waals surface area contributed by atoms with Crippen molar-refractivity contribution in [3.8, 4) is 5.69 Å². The van der Waals surface area contributed by atoms with E-state index in [0.29, 0.717) is 11.0 Å². The molecule has 0 amide bonds. The van der Waals surface area contributed by atoms with Crippen molar-refractivity contribution in [1.29, 1.82) is 0 Å². The molecule has 0 aliphatic heterocycles. The highest BCUT2D eigenvalue weighted by Gasteiger charge is 2.09. The van der Waals surface area contributed by atoms with Crippen LogP contribution in [0, 0.1) is 27.7 Å². The van der Waals surface area contributed by atoms with Crippen LogP contribution in [0.5, 0.6) is 0 Å². The van der Waals surface area contributed by atoms with E-state index in [-0.39, 0.29) is 0 Å². The lowest BCUT2D eigenvalue weighted by atomic mass is 10.2. The van der Waals surface area contributed by atoms with E-state index in [1.165, 1.54) is 0 Å². The average Bonchev–Trinajstić information content (AvgIpc) is 2.80. The number of hydrazone groups is 1. The summed E-state index contributed by atoms with van der Waals surface area (Å²) in [6.07, 6.45) is 1.78. The molecule has 1 aromatic carbocycles. The van der Waals surface area contributed by atoms with E-state index in [2.05, 4.69) is 45.0 Å². The van der Waals surface area contributed by atoms with Gasteiger partial charge in [-0.2, -0.15) is 5.10 Å². The minimum Gasteiger partial charge on any atom is -0.318 e. The molecule has 0 unspecified atom stereocenters. The van der Waals surface area contributed by atoms with Gasteiger partial charge in [-0.05, 0) is 58.0 Å². The number of anilines is 1. The van der Waals surface area contributed by atoms with Crippen molar-refractivity contribution in [1.82, 2.24) is 14.5 Å². The maximum atomic E-state index is 6.12. The first kappa shape index (κ1) is 17.2. The number of nitrogens with zero attached hydrogens (tertiary/aromatic N) is 4. The van der Waals surface area contributed by atoms with Gasteiger partial charge < -0.3 is 4.57 Å². The van der Waals surface area contributed by atoms with Crippen LogP contribution in [0.4, 0.5) is 5.95 Å². The number of halogens is 1. The molecule has 0 radical (unpaired) electrons. The minimum atomic E-state index is 0.498. The lowest BCUT2D eigenvalue weighted by Gasteiger charge is -2.09. The van der Waals surface area contributed by atoms with E-state index < -0.39 is 0 Å². The van der Waals surface area contributed by atoms with E-state index in [1.807, 2.05) is 44.2 Å². The molecule has 2 heterocycles. The van der Waals surface area contributed by atoms with Crippen molar-refractivity contribution < 1.29 is 0 Å². The summed E-state index contributed by atoms with van der Waals surface area (Å²) in [5, 5.41) is 5.00. The fourth-order valence-electron chi connectivity index (χ4n) is 2.87. The fraction of sp³-hybridized carbons (Fsp3) is 0.211. The number of aromatic nitrogens is 3. The predicted octanol–water partition coefficient (Wildman–Crippen LogP) is 4.60. The molecule has 0 aliphatic rings. The maximum absolute atomic E-state index is 6.12. The zero-order valence-corrected chi connectivity index (χ0v) is 15.5. The molecule has 3 aromatic rings. The van der Waals surface area contributed by atoms with E-state index in [0.717, 1.165) is 34.0 Å². The van der Waals surface area contributed by atoms with Gasteiger partial charge in [0.25, 0.3) is 0 Å². The topological polar surface area (TPSA) is 55.1 Å². The van der Waals surface area contributed by atoms with Gasteiger partial charge in [0.2, 0.25) is 5.95 Å². The predicted molar refractivity (Wildman–Crippen MR) is 103 cm³/mol. The van der Waals surface area contributed by atoms with Gasteiger partial charge >= 0.3 is 0 Å². The van der Waals surface area contributed by atoms with Crippen LogP contribution >= 0.6 is 11.6 Å². The largest absolute Gasteiger partial charge is 0.318 e. The van der Waals surface area contributed by atoms with Gasteiger partial charge in [-0.3, -0.25) is 0 Å². The Morgan fingerprint density at radius 1 is 1.04 bits per heavy atom. The van der Waals surface area contributed by atoms with Gasteiger partial charge in [-0.15, -0.1) is 0 Å². The molecule has 0 saturated heterocycles. The molecule has 6 heteroatoms. The number of hydrogen-bond donors (Lipinski definition) is 1. The van der Waals surface area contributed by atoms with Crippen LogP contribution in [-0.2, 0) is 0 Å². The van der Waals surface area contributed by atoms with Gasteiger partial charge in [0.05, 0.1) is 6.21 Å². The molecular formula is C19H20ClN5. The summed E-state index contributed by atoms with van der Waals surface area (Å²) in [5.74, 6) is 0.498. The van der Waals surface area contributed by atoms with E-state index >= 15 is 0 Å². The molecule has 0 aliphatic carbocycles. The van der Waals surface area contributed by atoms with Crippen LogP contribution in [0.2, 0.25) is 5.02 Å². The Morgan fingerprint density at radius 2 is 1.76 bits per heavy atom. The third kappa shape index (κ3) is 3.88. The normalized spacial score (nSPS) is 11.2. The summed E-state index contributed by atoms with van der Waals surface area (Å²) >= 11 is 6.12. The third-order valence-corrected chi connectivity index (χ3v) is 4.12. The maximum Gasteiger partial charge on any atom is 0.243 e. The molecule has 128 valence electrons. The Bertz CT molecular complexity index is 923. The highest BCUT2D eigenvalue weighted by molar-refractivity contribution is 6.30. The second kappa shape index (κ2) is 7.07. The number of aryl methyl sites for hydroxylation is 3. The summed E-state index contributed by atoms with van der Waals surface area (Å²) in [4.78, 5) is 8.62. The molecule has 0 spiro atoms. The van der Waals surface area contributed by atoms with Crippen molar-refractivity contribution in [3.05, 3.63) is 69.8 Å². The van der Waals surface area contributed by atoms with Crippen LogP contribution in [0.3, 0.4) is 0 Å². The van der Waals surface area contributed by atoms with Crippen molar-refractivity contribution in [2.24, 2.45) is 5.10 Å². The lowest BCUT2D eigenvalue weighted by molar-refractivity contribution is 0.965. The Morgan fingerprint density at radius 3 is 2.44 bits per heavy atom. The zero-order chi connectivity index (χ0) is 18.0. The second-order valence-electron chi connectivity index (χ2n) is 5.99. The van der Waals surface area contributed by atoms with Crippen molar-refractivity contribution in [2.45, 2.75) is 27.7 Å². The SMILES string of the molecule is Cc1cc(C)nc(N/N=C/c2cc(C)n(-c3cccc(Cl)c3)c2C)n1. The van der Waals surface area contributed by atoms with E-state index in [4.69, 9.17) is 11.6 Å². The molecular weight excluding hydrogens is 334 g/mol. The van der Waals surface area contributed by atoms with Crippen LogP contribution < -0.4 is 5.43 Å².